The van der Waals surface area contributed by atoms with Crippen LogP contribution in [0.3, 0.4) is 0 Å². The van der Waals surface area contributed by atoms with Gasteiger partial charge in [-0.15, -0.1) is 0 Å². The van der Waals surface area contributed by atoms with Crippen molar-refractivity contribution in [1.29, 1.82) is 0 Å². The summed E-state index contributed by atoms with van der Waals surface area (Å²) < 4.78 is 0. The molecule has 1 aliphatic heterocycles. The maximum Gasteiger partial charge on any atom is 0.328 e. The van der Waals surface area contributed by atoms with E-state index in [0.717, 1.165) is 6.29 Å². The Morgan fingerprint density at radius 1 is 1.32 bits per heavy atom. The van der Waals surface area contributed by atoms with Crippen molar-refractivity contribution in [1.82, 2.24) is 15.5 Å². The number of imide groups is 1. The van der Waals surface area contributed by atoms with E-state index in [1.807, 2.05) is 0 Å². The molecular formula is C12H10N4O3. The molecule has 0 radical (unpaired) electrons. The third-order valence-corrected chi connectivity index (χ3v) is 3.10. The molecule has 0 atom stereocenters. The van der Waals surface area contributed by atoms with E-state index in [0.29, 0.717) is 28.7 Å². The number of hydrogen-bond donors (Lipinski definition) is 2. The van der Waals surface area contributed by atoms with Gasteiger partial charge >= 0.3 is 6.03 Å². The van der Waals surface area contributed by atoms with Crippen molar-refractivity contribution in [2.45, 2.75) is 6.42 Å². The Hall–Kier alpha value is -2.70. The summed E-state index contributed by atoms with van der Waals surface area (Å²) in [5.41, 5.74) is 1.68. The van der Waals surface area contributed by atoms with Gasteiger partial charge in [0.1, 0.15) is 0 Å². The minimum absolute atomic E-state index is 0.251. The Morgan fingerprint density at radius 3 is 2.89 bits per heavy atom. The zero-order valence-electron chi connectivity index (χ0n) is 9.84. The highest BCUT2D eigenvalue weighted by molar-refractivity contribution is 6.11. The number of benzene rings is 1. The topological polar surface area (TPSA) is 95.2 Å². The van der Waals surface area contributed by atoms with E-state index in [1.54, 1.807) is 18.3 Å². The van der Waals surface area contributed by atoms with Gasteiger partial charge in [-0.2, -0.15) is 5.10 Å². The number of fused-ring (bicyclic) bond motifs is 1. The van der Waals surface area contributed by atoms with Crippen LogP contribution in [-0.2, 0) is 4.79 Å². The lowest BCUT2D eigenvalue weighted by atomic mass is 10.1. The normalized spacial score (nSPS) is 15.7. The number of rotatable bonds is 2. The summed E-state index contributed by atoms with van der Waals surface area (Å²) in [6, 6.07) is 2.83. The standard InChI is InChI=1S/C12H10N4O3/c17-6-7-1-2-9(8-5-13-15-11(7)8)16-4-3-10(18)14-12(16)19/h1-2,5-6H,3-4H2,(H,13,15)(H,14,18,19). The van der Waals surface area contributed by atoms with E-state index in [2.05, 4.69) is 15.5 Å². The zero-order chi connectivity index (χ0) is 13.4. The number of nitrogens with one attached hydrogen (secondary N) is 2. The largest absolute Gasteiger partial charge is 0.328 e. The third kappa shape index (κ3) is 1.75. The lowest BCUT2D eigenvalue weighted by Crippen LogP contribution is -2.49. The molecule has 1 aromatic heterocycles. The number of aldehydes is 1. The predicted molar refractivity (Wildman–Crippen MR) is 67.0 cm³/mol. The summed E-state index contributed by atoms with van der Waals surface area (Å²) in [7, 11) is 0. The van der Waals surface area contributed by atoms with E-state index >= 15 is 0 Å². The maximum absolute atomic E-state index is 11.8. The van der Waals surface area contributed by atoms with Crippen LogP contribution in [0, 0.1) is 0 Å². The lowest BCUT2D eigenvalue weighted by molar-refractivity contribution is -0.120. The number of carbonyl (C=O) groups is 3. The smallest absolute Gasteiger partial charge is 0.298 e. The van der Waals surface area contributed by atoms with Crippen molar-refractivity contribution in [3.05, 3.63) is 23.9 Å². The van der Waals surface area contributed by atoms with E-state index in [1.165, 1.54) is 4.90 Å². The summed E-state index contributed by atoms with van der Waals surface area (Å²) in [5.74, 6) is -0.283. The van der Waals surface area contributed by atoms with Crippen molar-refractivity contribution in [2.75, 3.05) is 11.4 Å². The highest BCUT2D eigenvalue weighted by Crippen LogP contribution is 2.28. The molecule has 0 saturated carbocycles. The molecule has 7 nitrogen and oxygen atoms in total. The molecule has 3 rings (SSSR count). The van der Waals surface area contributed by atoms with E-state index < -0.39 is 6.03 Å². The van der Waals surface area contributed by atoms with E-state index in [9.17, 15) is 14.4 Å². The molecular weight excluding hydrogens is 248 g/mol. The van der Waals surface area contributed by atoms with Crippen molar-refractivity contribution < 1.29 is 14.4 Å². The van der Waals surface area contributed by atoms with Gasteiger partial charge in [0, 0.05) is 23.9 Å². The van der Waals surface area contributed by atoms with Crippen LogP contribution in [0.1, 0.15) is 16.8 Å². The Balaban J connectivity index is 2.11. The molecule has 19 heavy (non-hydrogen) atoms. The van der Waals surface area contributed by atoms with E-state index in [-0.39, 0.29) is 12.3 Å². The van der Waals surface area contributed by atoms with Gasteiger partial charge in [-0.1, -0.05) is 0 Å². The molecule has 96 valence electrons. The number of nitrogens with zero attached hydrogens (tertiary/aromatic N) is 2. The number of hydrogen-bond acceptors (Lipinski definition) is 4. The fourth-order valence-corrected chi connectivity index (χ4v) is 2.17. The molecule has 7 heteroatoms. The molecule has 0 aliphatic carbocycles. The van der Waals surface area contributed by atoms with Gasteiger partial charge in [0.05, 0.1) is 17.4 Å². The quantitative estimate of drug-likeness (QED) is 0.779. The molecule has 2 N–H and O–H groups in total. The first-order valence-corrected chi connectivity index (χ1v) is 5.73. The van der Waals surface area contributed by atoms with Crippen LogP contribution in [0.5, 0.6) is 0 Å². The number of H-pyrrole nitrogens is 1. The van der Waals surface area contributed by atoms with Crippen LogP contribution < -0.4 is 10.2 Å². The molecule has 2 aromatic rings. The van der Waals surface area contributed by atoms with Crippen LogP contribution >= 0.6 is 0 Å². The third-order valence-electron chi connectivity index (χ3n) is 3.10. The van der Waals surface area contributed by atoms with Gasteiger partial charge in [-0.05, 0) is 12.1 Å². The molecule has 1 saturated heterocycles. The molecule has 0 spiro atoms. The Labute approximate surface area is 107 Å². The van der Waals surface area contributed by atoms with Crippen LogP contribution in [0.4, 0.5) is 10.5 Å². The molecule has 3 amide bonds. The summed E-state index contributed by atoms with van der Waals surface area (Å²) in [6.07, 6.45) is 2.53. The van der Waals surface area contributed by atoms with Crippen LogP contribution in [0.25, 0.3) is 10.9 Å². The summed E-state index contributed by atoms with van der Waals surface area (Å²) in [6.45, 7) is 0.311. The fourth-order valence-electron chi connectivity index (χ4n) is 2.17. The molecule has 0 bridgehead atoms. The minimum atomic E-state index is -0.461. The van der Waals surface area contributed by atoms with Crippen LogP contribution in [0.15, 0.2) is 18.3 Å². The van der Waals surface area contributed by atoms with Gasteiger partial charge in [0.25, 0.3) is 0 Å². The number of urea groups is 1. The summed E-state index contributed by atoms with van der Waals surface area (Å²) >= 11 is 0. The Kier molecular flexibility index (Phi) is 2.52. The summed E-state index contributed by atoms with van der Waals surface area (Å²) in [5, 5.41) is 9.57. The number of amides is 3. The van der Waals surface area contributed by atoms with Crippen molar-refractivity contribution in [3.8, 4) is 0 Å². The number of aromatic nitrogens is 2. The van der Waals surface area contributed by atoms with Crippen LogP contribution in [0.2, 0.25) is 0 Å². The predicted octanol–water partition coefficient (Wildman–Crippen LogP) is 0.822. The van der Waals surface area contributed by atoms with Crippen molar-refractivity contribution >= 4 is 34.8 Å². The first kappa shape index (κ1) is 11.4. The average Bonchev–Trinajstić information content (AvgIpc) is 2.87. The number of aromatic amines is 1. The van der Waals surface area contributed by atoms with Crippen molar-refractivity contribution in [3.63, 3.8) is 0 Å². The van der Waals surface area contributed by atoms with Gasteiger partial charge in [0.15, 0.2) is 6.29 Å². The van der Waals surface area contributed by atoms with Gasteiger partial charge in [0.2, 0.25) is 5.91 Å². The van der Waals surface area contributed by atoms with Gasteiger partial charge in [-0.3, -0.25) is 24.9 Å². The van der Waals surface area contributed by atoms with Crippen molar-refractivity contribution in [2.24, 2.45) is 0 Å². The first-order chi connectivity index (χ1) is 9.20. The van der Waals surface area contributed by atoms with E-state index in [4.69, 9.17) is 0 Å². The molecule has 1 aromatic carbocycles. The Bertz CT molecular complexity index is 691. The number of anilines is 1. The molecule has 1 fully saturated rings. The number of carbonyl (C=O) groups excluding carboxylic acids is 3. The average molecular weight is 258 g/mol. The highest BCUT2D eigenvalue weighted by Gasteiger charge is 2.26. The monoisotopic (exact) mass is 258 g/mol. The molecule has 0 unspecified atom stereocenters. The first-order valence-electron chi connectivity index (χ1n) is 5.73. The summed E-state index contributed by atoms with van der Waals surface area (Å²) in [4.78, 5) is 35.4. The lowest BCUT2D eigenvalue weighted by Gasteiger charge is -2.27. The zero-order valence-corrected chi connectivity index (χ0v) is 9.84. The minimum Gasteiger partial charge on any atom is -0.298 e. The second-order valence-corrected chi connectivity index (χ2v) is 4.21. The molecule has 2 heterocycles. The fraction of sp³-hybridized carbons (Fsp3) is 0.167. The van der Waals surface area contributed by atoms with Crippen LogP contribution in [-0.4, -0.2) is 35.0 Å². The molecule has 1 aliphatic rings. The highest BCUT2D eigenvalue weighted by atomic mass is 16.2. The SMILES string of the molecule is O=Cc1ccc(N2CCC(=O)NC2=O)c2cn[nH]c12. The maximum atomic E-state index is 11.8. The van der Waals surface area contributed by atoms with Gasteiger partial charge in [-0.25, -0.2) is 4.79 Å². The van der Waals surface area contributed by atoms with Gasteiger partial charge < -0.3 is 0 Å². The Morgan fingerprint density at radius 2 is 2.16 bits per heavy atom. The second-order valence-electron chi connectivity index (χ2n) is 4.21. The second kappa shape index (κ2) is 4.20.